The summed E-state index contributed by atoms with van der Waals surface area (Å²) >= 11 is 1.41. The van der Waals surface area contributed by atoms with E-state index in [1.54, 1.807) is 12.1 Å². The van der Waals surface area contributed by atoms with E-state index in [-0.39, 0.29) is 11.0 Å². The number of thioether (sulfide) groups is 1. The molecule has 3 rings (SSSR count). The van der Waals surface area contributed by atoms with Crippen LogP contribution >= 0.6 is 11.8 Å². The van der Waals surface area contributed by atoms with Crippen molar-refractivity contribution >= 4 is 17.5 Å². The zero-order valence-electron chi connectivity index (χ0n) is 15.0. The van der Waals surface area contributed by atoms with Crippen LogP contribution in [0.2, 0.25) is 0 Å². The summed E-state index contributed by atoms with van der Waals surface area (Å²) in [6.45, 7) is 4.43. The smallest absolute Gasteiger partial charge is 0.191 e. The Labute approximate surface area is 157 Å². The highest BCUT2D eigenvalue weighted by Crippen LogP contribution is 2.27. The molecule has 2 aromatic carbocycles. The molecule has 0 aliphatic heterocycles. The number of nitrogens with zero attached hydrogens (tertiary/aromatic N) is 3. The van der Waals surface area contributed by atoms with Crippen LogP contribution in [0, 0.1) is 0 Å². The first kappa shape index (κ1) is 18.2. The Morgan fingerprint density at radius 1 is 1.12 bits per heavy atom. The molecule has 6 heteroatoms. The van der Waals surface area contributed by atoms with Gasteiger partial charge in [-0.3, -0.25) is 4.79 Å². The van der Waals surface area contributed by atoms with Crippen LogP contribution in [0.15, 0.2) is 59.8 Å². The molecule has 0 spiro atoms. The maximum Gasteiger partial charge on any atom is 0.191 e. The second-order valence-corrected chi connectivity index (χ2v) is 7.12. The van der Waals surface area contributed by atoms with Crippen molar-refractivity contribution in [3.63, 3.8) is 0 Å². The number of rotatable bonds is 7. The number of carbonyl (C=O) groups is 1. The van der Waals surface area contributed by atoms with Gasteiger partial charge in [0.25, 0.3) is 0 Å². The fraction of sp³-hybridized carbons (Fsp3) is 0.250. The second-order valence-electron chi connectivity index (χ2n) is 5.81. The van der Waals surface area contributed by atoms with Crippen molar-refractivity contribution in [2.45, 2.75) is 24.3 Å². The number of ketones is 1. The molecule has 0 unspecified atom stereocenters. The molecule has 1 atom stereocenters. The Bertz CT molecular complexity index is 876. The van der Waals surface area contributed by atoms with Gasteiger partial charge in [-0.25, -0.2) is 0 Å². The van der Waals surface area contributed by atoms with Gasteiger partial charge >= 0.3 is 0 Å². The summed E-state index contributed by atoms with van der Waals surface area (Å²) in [6.07, 6.45) is 0. The van der Waals surface area contributed by atoms with E-state index in [0.717, 1.165) is 22.3 Å². The van der Waals surface area contributed by atoms with Gasteiger partial charge in [-0.1, -0.05) is 42.1 Å². The third-order valence-corrected chi connectivity index (χ3v) is 5.10. The van der Waals surface area contributed by atoms with Crippen molar-refractivity contribution < 1.29 is 9.53 Å². The zero-order valence-corrected chi connectivity index (χ0v) is 15.9. The highest BCUT2D eigenvalue weighted by atomic mass is 32.2. The van der Waals surface area contributed by atoms with Crippen LogP contribution in [0.1, 0.15) is 24.2 Å². The molecular formula is C20H21N3O2S. The first-order valence-corrected chi connectivity index (χ1v) is 9.36. The largest absolute Gasteiger partial charge is 0.494 e. The lowest BCUT2D eigenvalue weighted by Gasteiger charge is -2.11. The van der Waals surface area contributed by atoms with E-state index in [1.165, 1.54) is 11.8 Å². The molecule has 134 valence electrons. The summed E-state index contributed by atoms with van der Waals surface area (Å²) in [7, 11) is 1.92. The summed E-state index contributed by atoms with van der Waals surface area (Å²) < 4.78 is 7.34. The normalized spacial score (nSPS) is 12.0. The van der Waals surface area contributed by atoms with E-state index in [1.807, 2.05) is 67.9 Å². The van der Waals surface area contributed by atoms with Crippen molar-refractivity contribution in [2.24, 2.45) is 7.05 Å². The standard InChI is InChI=1S/C20H21N3O2S/c1-4-25-17-12-10-15(11-13-17)18(24)14(2)26-20-22-21-19(23(20)3)16-8-6-5-7-9-16/h5-14H,4H2,1-3H3/t14-/m1/s1. The van der Waals surface area contributed by atoms with E-state index in [9.17, 15) is 4.79 Å². The van der Waals surface area contributed by atoms with E-state index >= 15 is 0 Å². The zero-order chi connectivity index (χ0) is 18.5. The van der Waals surface area contributed by atoms with Crippen molar-refractivity contribution in [3.05, 3.63) is 60.2 Å². The van der Waals surface area contributed by atoms with Crippen LogP contribution < -0.4 is 4.74 Å². The number of benzene rings is 2. The van der Waals surface area contributed by atoms with Crippen molar-refractivity contribution in [3.8, 4) is 17.1 Å². The average molecular weight is 367 g/mol. The number of ether oxygens (including phenoxy) is 1. The quantitative estimate of drug-likeness (QED) is 0.462. The van der Waals surface area contributed by atoms with E-state index in [4.69, 9.17) is 4.74 Å². The van der Waals surface area contributed by atoms with Gasteiger partial charge in [0, 0.05) is 18.2 Å². The predicted molar refractivity (Wildman–Crippen MR) is 104 cm³/mol. The lowest BCUT2D eigenvalue weighted by Crippen LogP contribution is -2.14. The maximum atomic E-state index is 12.7. The molecule has 0 N–H and O–H groups in total. The minimum Gasteiger partial charge on any atom is -0.494 e. The molecule has 1 heterocycles. The first-order chi connectivity index (χ1) is 12.6. The lowest BCUT2D eigenvalue weighted by atomic mass is 10.1. The van der Waals surface area contributed by atoms with Gasteiger partial charge in [0.2, 0.25) is 0 Å². The molecule has 1 aromatic heterocycles. The number of Topliss-reactive ketones (excluding diaryl/α,β-unsaturated/α-hetero) is 1. The van der Waals surface area contributed by atoms with Crippen molar-refractivity contribution in [1.82, 2.24) is 14.8 Å². The summed E-state index contributed by atoms with van der Waals surface area (Å²) in [5.41, 5.74) is 1.67. The first-order valence-electron chi connectivity index (χ1n) is 8.48. The van der Waals surface area contributed by atoms with Gasteiger partial charge in [0.1, 0.15) is 5.75 Å². The van der Waals surface area contributed by atoms with Gasteiger partial charge in [0.05, 0.1) is 11.9 Å². The van der Waals surface area contributed by atoms with Crippen LogP contribution in [0.25, 0.3) is 11.4 Å². The SMILES string of the molecule is CCOc1ccc(C(=O)[C@@H](C)Sc2nnc(-c3ccccc3)n2C)cc1. The lowest BCUT2D eigenvalue weighted by molar-refractivity contribution is 0.0994. The Hall–Kier alpha value is -2.60. The Balaban J connectivity index is 1.72. The van der Waals surface area contributed by atoms with Crippen molar-refractivity contribution in [2.75, 3.05) is 6.61 Å². The fourth-order valence-electron chi connectivity index (χ4n) is 2.58. The molecule has 0 bridgehead atoms. The topological polar surface area (TPSA) is 57.0 Å². The highest BCUT2D eigenvalue weighted by molar-refractivity contribution is 8.00. The van der Waals surface area contributed by atoms with Crippen LogP contribution in [-0.2, 0) is 7.05 Å². The Morgan fingerprint density at radius 2 is 1.81 bits per heavy atom. The fourth-order valence-corrected chi connectivity index (χ4v) is 3.48. The van der Waals surface area contributed by atoms with E-state index < -0.39 is 0 Å². The van der Waals surface area contributed by atoms with Crippen LogP contribution in [0.4, 0.5) is 0 Å². The molecule has 0 aliphatic carbocycles. The van der Waals surface area contributed by atoms with E-state index in [0.29, 0.717) is 12.2 Å². The minimum atomic E-state index is -0.264. The molecule has 0 aliphatic rings. The number of hydrogen-bond acceptors (Lipinski definition) is 5. The highest BCUT2D eigenvalue weighted by Gasteiger charge is 2.20. The number of carbonyl (C=O) groups excluding carboxylic acids is 1. The molecule has 0 fully saturated rings. The summed E-state index contributed by atoms with van der Waals surface area (Å²) in [5.74, 6) is 1.61. The molecule has 0 amide bonds. The Morgan fingerprint density at radius 3 is 2.46 bits per heavy atom. The van der Waals surface area contributed by atoms with Gasteiger partial charge in [-0.05, 0) is 38.1 Å². The molecule has 0 saturated carbocycles. The second kappa shape index (κ2) is 8.19. The van der Waals surface area contributed by atoms with Crippen LogP contribution in [0.3, 0.4) is 0 Å². The van der Waals surface area contributed by atoms with Crippen LogP contribution in [-0.4, -0.2) is 32.4 Å². The molecule has 3 aromatic rings. The van der Waals surface area contributed by atoms with Crippen LogP contribution in [0.5, 0.6) is 5.75 Å². The van der Waals surface area contributed by atoms with Gasteiger partial charge in [0.15, 0.2) is 16.8 Å². The maximum absolute atomic E-state index is 12.7. The third-order valence-electron chi connectivity index (χ3n) is 3.97. The summed E-state index contributed by atoms with van der Waals surface area (Å²) in [6, 6.07) is 17.1. The predicted octanol–water partition coefficient (Wildman–Crippen LogP) is 4.24. The summed E-state index contributed by atoms with van der Waals surface area (Å²) in [5, 5.41) is 8.97. The number of aromatic nitrogens is 3. The molecule has 5 nitrogen and oxygen atoms in total. The van der Waals surface area contributed by atoms with E-state index in [2.05, 4.69) is 10.2 Å². The number of hydrogen-bond donors (Lipinski definition) is 0. The van der Waals surface area contributed by atoms with Gasteiger partial charge in [-0.2, -0.15) is 0 Å². The monoisotopic (exact) mass is 367 g/mol. The average Bonchev–Trinajstić information content (AvgIpc) is 3.03. The summed E-state index contributed by atoms with van der Waals surface area (Å²) in [4.78, 5) is 12.7. The molecule has 0 radical (unpaired) electrons. The van der Waals surface area contributed by atoms with Gasteiger partial charge in [-0.15, -0.1) is 10.2 Å². The molecule has 0 saturated heterocycles. The molecule has 26 heavy (non-hydrogen) atoms. The van der Waals surface area contributed by atoms with Crippen molar-refractivity contribution in [1.29, 1.82) is 0 Å². The Kier molecular flexibility index (Phi) is 5.73. The van der Waals surface area contributed by atoms with Gasteiger partial charge < -0.3 is 9.30 Å². The minimum absolute atomic E-state index is 0.0577. The molecular weight excluding hydrogens is 346 g/mol. The third kappa shape index (κ3) is 3.96.